The van der Waals surface area contributed by atoms with E-state index in [4.69, 9.17) is 15.3 Å². The molecule has 0 aliphatic rings. The van der Waals surface area contributed by atoms with Crippen molar-refractivity contribution in [2.75, 3.05) is 5.73 Å². The standard InChI is InChI=1S/C10H7BrN4O.C6H5FO/c11-6-4-8(12)15-9(5-6)13-10(14-15)7-2-1-3-16-7;7-5-3-1-2-4-6(5)8/h1-5H,12H2;1-4,8H. The van der Waals surface area contributed by atoms with Gasteiger partial charge in [-0.05, 0) is 36.4 Å². The molecule has 1 aromatic carbocycles. The zero-order valence-corrected chi connectivity index (χ0v) is 13.8. The first-order valence-corrected chi connectivity index (χ1v) is 7.63. The van der Waals surface area contributed by atoms with E-state index in [1.807, 2.05) is 6.07 Å². The van der Waals surface area contributed by atoms with Crippen molar-refractivity contribution < 1.29 is 13.9 Å². The van der Waals surface area contributed by atoms with Crippen molar-refractivity contribution >= 4 is 27.4 Å². The number of pyridine rings is 1. The van der Waals surface area contributed by atoms with Crippen LogP contribution >= 0.6 is 15.9 Å². The number of furan rings is 1. The molecule has 3 heterocycles. The van der Waals surface area contributed by atoms with E-state index < -0.39 is 5.82 Å². The highest BCUT2D eigenvalue weighted by Gasteiger charge is 2.10. The maximum Gasteiger partial charge on any atom is 0.217 e. The van der Waals surface area contributed by atoms with Gasteiger partial charge in [0.1, 0.15) is 5.82 Å². The second kappa shape index (κ2) is 6.71. The molecule has 122 valence electrons. The molecule has 3 aromatic heterocycles. The average molecular weight is 391 g/mol. The summed E-state index contributed by atoms with van der Waals surface area (Å²) in [7, 11) is 0. The van der Waals surface area contributed by atoms with Gasteiger partial charge in [-0.3, -0.25) is 0 Å². The Hall–Kier alpha value is -2.87. The number of phenolic OH excluding ortho intramolecular Hbond substituents is 1. The highest BCUT2D eigenvalue weighted by atomic mass is 79.9. The van der Waals surface area contributed by atoms with E-state index in [9.17, 15) is 4.39 Å². The fourth-order valence-corrected chi connectivity index (χ4v) is 2.38. The summed E-state index contributed by atoms with van der Waals surface area (Å²) < 4.78 is 19.7. The molecule has 0 saturated heterocycles. The van der Waals surface area contributed by atoms with Crippen LogP contribution in [0.3, 0.4) is 0 Å². The maximum absolute atomic E-state index is 12.1. The molecule has 0 fully saturated rings. The predicted octanol–water partition coefficient (Wildman–Crippen LogP) is 3.87. The Morgan fingerprint density at radius 2 is 1.96 bits per heavy atom. The summed E-state index contributed by atoms with van der Waals surface area (Å²) in [6, 6.07) is 12.8. The number of hydrogen-bond donors (Lipinski definition) is 2. The van der Waals surface area contributed by atoms with Crippen LogP contribution in [0.5, 0.6) is 5.75 Å². The minimum atomic E-state index is -0.576. The van der Waals surface area contributed by atoms with Crippen molar-refractivity contribution in [3.63, 3.8) is 0 Å². The first-order chi connectivity index (χ1) is 11.5. The minimum Gasteiger partial charge on any atom is -0.505 e. The summed E-state index contributed by atoms with van der Waals surface area (Å²) in [4.78, 5) is 4.32. The van der Waals surface area contributed by atoms with Crippen LogP contribution in [0.25, 0.3) is 17.2 Å². The van der Waals surface area contributed by atoms with Gasteiger partial charge in [-0.2, -0.15) is 4.52 Å². The first kappa shape index (κ1) is 16.0. The molecular formula is C16H12BrFN4O2. The van der Waals surface area contributed by atoms with Gasteiger partial charge < -0.3 is 15.3 Å². The van der Waals surface area contributed by atoms with Gasteiger partial charge in [0.25, 0.3) is 0 Å². The number of anilines is 1. The third-order valence-corrected chi connectivity index (χ3v) is 3.48. The molecule has 3 N–H and O–H groups in total. The summed E-state index contributed by atoms with van der Waals surface area (Å²) in [6.07, 6.45) is 1.58. The molecule has 4 aromatic rings. The maximum atomic E-state index is 12.1. The number of nitrogens with two attached hydrogens (primary N) is 1. The van der Waals surface area contributed by atoms with E-state index in [-0.39, 0.29) is 5.75 Å². The van der Waals surface area contributed by atoms with Crippen molar-refractivity contribution in [3.05, 3.63) is 65.1 Å². The van der Waals surface area contributed by atoms with E-state index in [0.717, 1.165) is 4.47 Å². The number of aromatic nitrogens is 3. The Morgan fingerprint density at radius 1 is 1.17 bits per heavy atom. The highest BCUT2D eigenvalue weighted by molar-refractivity contribution is 9.10. The molecule has 0 bridgehead atoms. The number of fused-ring (bicyclic) bond motifs is 1. The number of hydrogen-bond acceptors (Lipinski definition) is 5. The third kappa shape index (κ3) is 3.38. The molecule has 24 heavy (non-hydrogen) atoms. The fourth-order valence-electron chi connectivity index (χ4n) is 1.94. The molecule has 4 rings (SSSR count). The summed E-state index contributed by atoms with van der Waals surface area (Å²) >= 11 is 3.36. The van der Waals surface area contributed by atoms with Crippen molar-refractivity contribution in [1.29, 1.82) is 0 Å². The molecule has 0 atom stereocenters. The molecule has 8 heteroatoms. The van der Waals surface area contributed by atoms with Crippen LogP contribution < -0.4 is 5.73 Å². The predicted molar refractivity (Wildman–Crippen MR) is 90.9 cm³/mol. The lowest BCUT2D eigenvalue weighted by Gasteiger charge is -1.97. The van der Waals surface area contributed by atoms with E-state index in [2.05, 4.69) is 26.0 Å². The SMILES string of the molecule is Nc1cc(Br)cc2nc(-c3ccco3)nn12.Oc1ccccc1F. The summed E-state index contributed by atoms with van der Waals surface area (Å²) in [5.41, 5.74) is 6.50. The zero-order chi connectivity index (χ0) is 17.1. The van der Waals surface area contributed by atoms with E-state index in [1.165, 1.54) is 18.2 Å². The number of halogens is 2. The average Bonchev–Trinajstić information content (AvgIpc) is 3.19. The Balaban J connectivity index is 0.000000179. The number of aromatic hydroxyl groups is 1. The summed E-state index contributed by atoms with van der Waals surface area (Å²) in [5, 5.41) is 12.8. The van der Waals surface area contributed by atoms with Crippen LogP contribution in [0.2, 0.25) is 0 Å². The van der Waals surface area contributed by atoms with Gasteiger partial charge in [0.15, 0.2) is 23.0 Å². The second-order valence-corrected chi connectivity index (χ2v) is 5.65. The number of para-hydroxylation sites is 1. The van der Waals surface area contributed by atoms with Gasteiger partial charge in [0.05, 0.1) is 6.26 Å². The number of benzene rings is 1. The number of nitrogens with zero attached hydrogens (tertiary/aromatic N) is 3. The monoisotopic (exact) mass is 390 g/mol. The molecule has 0 aliphatic heterocycles. The normalized spacial score (nSPS) is 10.4. The molecule has 0 spiro atoms. The molecule has 0 saturated carbocycles. The van der Waals surface area contributed by atoms with Crippen LogP contribution in [0.15, 0.2) is 63.7 Å². The van der Waals surface area contributed by atoms with Crippen molar-refractivity contribution in [2.24, 2.45) is 0 Å². The smallest absolute Gasteiger partial charge is 0.217 e. The molecular weight excluding hydrogens is 379 g/mol. The topological polar surface area (TPSA) is 89.6 Å². The van der Waals surface area contributed by atoms with Crippen molar-refractivity contribution in [3.8, 4) is 17.3 Å². The third-order valence-electron chi connectivity index (χ3n) is 3.02. The molecule has 0 aliphatic carbocycles. The van der Waals surface area contributed by atoms with Crippen LogP contribution in [0.1, 0.15) is 0 Å². The largest absolute Gasteiger partial charge is 0.505 e. The summed E-state index contributed by atoms with van der Waals surface area (Å²) in [5.74, 6) is 0.795. The van der Waals surface area contributed by atoms with Crippen molar-refractivity contribution in [2.45, 2.75) is 0 Å². The van der Waals surface area contributed by atoms with Crippen LogP contribution in [-0.2, 0) is 0 Å². The molecule has 6 nitrogen and oxygen atoms in total. The number of nitrogen functional groups attached to an aromatic ring is 1. The van der Waals surface area contributed by atoms with Crippen LogP contribution in [0.4, 0.5) is 10.2 Å². The van der Waals surface area contributed by atoms with Gasteiger partial charge in [0.2, 0.25) is 5.82 Å². The Morgan fingerprint density at radius 3 is 2.58 bits per heavy atom. The molecule has 0 unspecified atom stereocenters. The van der Waals surface area contributed by atoms with E-state index in [1.54, 1.807) is 35.0 Å². The Kier molecular flexibility index (Phi) is 4.48. The lowest BCUT2D eigenvalue weighted by molar-refractivity contribution is 0.432. The Bertz CT molecular complexity index is 949. The molecule has 0 amide bonds. The zero-order valence-electron chi connectivity index (χ0n) is 12.2. The Labute approximate surface area is 144 Å². The van der Waals surface area contributed by atoms with Crippen molar-refractivity contribution in [1.82, 2.24) is 14.6 Å². The lowest BCUT2D eigenvalue weighted by Crippen LogP contribution is -1.97. The lowest BCUT2D eigenvalue weighted by atomic mass is 10.3. The van der Waals surface area contributed by atoms with Gasteiger partial charge in [-0.25, -0.2) is 9.37 Å². The first-order valence-electron chi connectivity index (χ1n) is 6.84. The van der Waals surface area contributed by atoms with Gasteiger partial charge >= 0.3 is 0 Å². The van der Waals surface area contributed by atoms with E-state index >= 15 is 0 Å². The van der Waals surface area contributed by atoms with Crippen LogP contribution in [-0.4, -0.2) is 19.7 Å². The second-order valence-electron chi connectivity index (χ2n) is 4.73. The van der Waals surface area contributed by atoms with Gasteiger partial charge in [0, 0.05) is 4.47 Å². The quantitative estimate of drug-likeness (QED) is 0.514. The minimum absolute atomic E-state index is 0.299. The van der Waals surface area contributed by atoms with Gasteiger partial charge in [-0.15, -0.1) is 5.10 Å². The number of phenols is 1. The fraction of sp³-hybridized carbons (Fsp3) is 0. The van der Waals surface area contributed by atoms with E-state index in [0.29, 0.717) is 23.0 Å². The number of rotatable bonds is 1. The molecule has 0 radical (unpaired) electrons. The summed E-state index contributed by atoms with van der Waals surface area (Å²) in [6.45, 7) is 0. The van der Waals surface area contributed by atoms with Gasteiger partial charge in [-0.1, -0.05) is 28.1 Å². The van der Waals surface area contributed by atoms with Crippen LogP contribution in [0, 0.1) is 5.82 Å². The highest BCUT2D eigenvalue weighted by Crippen LogP contribution is 2.21.